The zero-order valence-corrected chi connectivity index (χ0v) is 15.5. The number of carbonyl (C=O) groups is 2. The van der Waals surface area contributed by atoms with Crippen molar-refractivity contribution in [2.45, 2.75) is 57.9 Å². The topological polar surface area (TPSA) is 61.4 Å². The van der Waals surface area contributed by atoms with E-state index < -0.39 is 0 Å². The lowest BCUT2D eigenvalue weighted by molar-refractivity contribution is -0.130. The molecule has 1 aliphatic rings. The van der Waals surface area contributed by atoms with Crippen molar-refractivity contribution in [3.05, 3.63) is 29.8 Å². The molecule has 25 heavy (non-hydrogen) atoms. The zero-order chi connectivity index (χ0) is 18.1. The molecule has 5 heteroatoms. The molecule has 1 fully saturated rings. The van der Waals surface area contributed by atoms with E-state index in [-0.39, 0.29) is 18.4 Å². The number of likely N-dealkylation sites (N-methyl/N-ethyl adjacent to an activating group) is 1. The van der Waals surface area contributed by atoms with Crippen LogP contribution >= 0.6 is 0 Å². The first-order valence-corrected chi connectivity index (χ1v) is 9.49. The van der Waals surface area contributed by atoms with Crippen LogP contribution < -0.4 is 10.6 Å². The Labute approximate surface area is 151 Å². The minimum atomic E-state index is -0.0480. The van der Waals surface area contributed by atoms with Gasteiger partial charge in [-0.05, 0) is 43.5 Å². The summed E-state index contributed by atoms with van der Waals surface area (Å²) in [6, 6.07) is 7.67. The molecule has 0 saturated heterocycles. The van der Waals surface area contributed by atoms with Gasteiger partial charge in [-0.2, -0.15) is 0 Å². The van der Waals surface area contributed by atoms with Crippen LogP contribution in [0.2, 0.25) is 0 Å². The second kappa shape index (κ2) is 10.1. The molecule has 2 amide bonds. The molecule has 0 atom stereocenters. The number of hydrogen-bond acceptors (Lipinski definition) is 3. The monoisotopic (exact) mass is 345 g/mol. The molecule has 0 unspecified atom stereocenters. The van der Waals surface area contributed by atoms with E-state index in [1.807, 2.05) is 24.1 Å². The van der Waals surface area contributed by atoms with Gasteiger partial charge in [0.1, 0.15) is 0 Å². The summed E-state index contributed by atoms with van der Waals surface area (Å²) < 4.78 is 0. The standard InChI is InChI=1S/C20H31N3O2/c1-3-4-14-21-20(25)16-10-12-17(13-11-16)22-15-19(24)23(2)18-8-6-5-7-9-18/h10-13,18,22H,3-9,14-15H2,1-2H3,(H,21,25). The summed E-state index contributed by atoms with van der Waals surface area (Å²) in [5, 5.41) is 6.06. The lowest BCUT2D eigenvalue weighted by Crippen LogP contribution is -2.41. The maximum Gasteiger partial charge on any atom is 0.251 e. The largest absolute Gasteiger partial charge is 0.376 e. The van der Waals surface area contributed by atoms with Crippen molar-refractivity contribution >= 4 is 17.5 Å². The second-order valence-corrected chi connectivity index (χ2v) is 6.84. The van der Waals surface area contributed by atoms with E-state index in [1.165, 1.54) is 19.3 Å². The molecule has 5 nitrogen and oxygen atoms in total. The van der Waals surface area contributed by atoms with Gasteiger partial charge in [0.05, 0.1) is 6.54 Å². The first kappa shape index (κ1) is 19.3. The van der Waals surface area contributed by atoms with Crippen LogP contribution in [-0.2, 0) is 4.79 Å². The van der Waals surface area contributed by atoms with Gasteiger partial charge in [-0.15, -0.1) is 0 Å². The van der Waals surface area contributed by atoms with Crippen molar-refractivity contribution < 1.29 is 9.59 Å². The van der Waals surface area contributed by atoms with E-state index in [1.54, 1.807) is 12.1 Å². The van der Waals surface area contributed by atoms with Gasteiger partial charge < -0.3 is 15.5 Å². The van der Waals surface area contributed by atoms with Crippen LogP contribution in [0.4, 0.5) is 5.69 Å². The molecule has 0 aliphatic heterocycles. The predicted molar refractivity (Wildman–Crippen MR) is 102 cm³/mol. The van der Waals surface area contributed by atoms with Crippen LogP contribution in [0.15, 0.2) is 24.3 Å². The average molecular weight is 345 g/mol. The molecule has 0 spiro atoms. The molecule has 0 radical (unpaired) electrons. The lowest BCUT2D eigenvalue weighted by Gasteiger charge is -2.31. The van der Waals surface area contributed by atoms with E-state index >= 15 is 0 Å². The van der Waals surface area contributed by atoms with E-state index in [0.717, 1.165) is 31.4 Å². The Kier molecular flexibility index (Phi) is 7.76. The average Bonchev–Trinajstić information content (AvgIpc) is 2.66. The van der Waals surface area contributed by atoms with Gasteiger partial charge in [0.25, 0.3) is 5.91 Å². The quantitative estimate of drug-likeness (QED) is 0.710. The van der Waals surface area contributed by atoms with Crippen LogP contribution in [0.3, 0.4) is 0 Å². The van der Waals surface area contributed by atoms with Gasteiger partial charge in [0, 0.05) is 30.9 Å². The number of nitrogens with one attached hydrogen (secondary N) is 2. The van der Waals surface area contributed by atoms with Crippen molar-refractivity contribution in [2.75, 3.05) is 25.5 Å². The Morgan fingerprint density at radius 2 is 1.80 bits per heavy atom. The Hall–Kier alpha value is -2.04. The van der Waals surface area contributed by atoms with E-state index in [2.05, 4.69) is 17.6 Å². The van der Waals surface area contributed by atoms with Gasteiger partial charge in [0.2, 0.25) is 5.91 Å². The molecule has 138 valence electrons. The molecule has 1 saturated carbocycles. The van der Waals surface area contributed by atoms with Crippen LogP contribution in [0.1, 0.15) is 62.2 Å². The van der Waals surface area contributed by atoms with Crippen molar-refractivity contribution in [2.24, 2.45) is 0 Å². The highest BCUT2D eigenvalue weighted by molar-refractivity contribution is 5.94. The number of unbranched alkanes of at least 4 members (excludes halogenated alkanes) is 1. The molecular weight excluding hydrogens is 314 g/mol. The first-order valence-electron chi connectivity index (χ1n) is 9.49. The molecule has 0 aromatic heterocycles. The van der Waals surface area contributed by atoms with Crippen molar-refractivity contribution in [1.29, 1.82) is 0 Å². The zero-order valence-electron chi connectivity index (χ0n) is 15.5. The smallest absolute Gasteiger partial charge is 0.251 e. The van der Waals surface area contributed by atoms with Crippen LogP contribution in [0, 0.1) is 0 Å². The Morgan fingerprint density at radius 3 is 2.44 bits per heavy atom. The number of hydrogen-bond donors (Lipinski definition) is 2. The summed E-state index contributed by atoms with van der Waals surface area (Å²) in [5.74, 6) is 0.0707. The molecular formula is C20H31N3O2. The fourth-order valence-electron chi connectivity index (χ4n) is 3.19. The maximum absolute atomic E-state index is 12.3. The van der Waals surface area contributed by atoms with Gasteiger partial charge in [-0.1, -0.05) is 32.6 Å². The minimum absolute atomic E-state index is 0.0480. The van der Waals surface area contributed by atoms with Crippen molar-refractivity contribution in [3.8, 4) is 0 Å². The molecule has 0 bridgehead atoms. The highest BCUT2D eigenvalue weighted by Crippen LogP contribution is 2.21. The van der Waals surface area contributed by atoms with Gasteiger partial charge >= 0.3 is 0 Å². The molecule has 1 aromatic carbocycles. The summed E-state index contributed by atoms with van der Waals surface area (Å²) in [4.78, 5) is 26.2. The van der Waals surface area contributed by atoms with Gasteiger partial charge in [0.15, 0.2) is 0 Å². The minimum Gasteiger partial charge on any atom is -0.376 e. The van der Waals surface area contributed by atoms with Gasteiger partial charge in [-0.3, -0.25) is 9.59 Å². The Morgan fingerprint density at radius 1 is 1.12 bits per heavy atom. The fourth-order valence-corrected chi connectivity index (χ4v) is 3.19. The third-order valence-corrected chi connectivity index (χ3v) is 4.92. The molecule has 0 heterocycles. The van der Waals surface area contributed by atoms with Crippen LogP contribution in [-0.4, -0.2) is 42.9 Å². The Bertz CT molecular complexity index is 551. The molecule has 1 aromatic rings. The van der Waals surface area contributed by atoms with Crippen LogP contribution in [0.25, 0.3) is 0 Å². The second-order valence-electron chi connectivity index (χ2n) is 6.84. The highest BCUT2D eigenvalue weighted by atomic mass is 16.2. The number of amides is 2. The predicted octanol–water partition coefficient (Wildman–Crippen LogP) is 3.42. The third kappa shape index (κ3) is 6.07. The van der Waals surface area contributed by atoms with E-state index in [4.69, 9.17) is 0 Å². The maximum atomic E-state index is 12.3. The summed E-state index contributed by atoms with van der Waals surface area (Å²) in [6.07, 6.45) is 8.01. The first-order chi connectivity index (χ1) is 12.1. The summed E-state index contributed by atoms with van der Waals surface area (Å²) in [7, 11) is 1.91. The third-order valence-electron chi connectivity index (χ3n) is 4.92. The highest BCUT2D eigenvalue weighted by Gasteiger charge is 2.21. The number of rotatable bonds is 8. The molecule has 1 aliphatic carbocycles. The Balaban J connectivity index is 1.78. The van der Waals surface area contributed by atoms with E-state index in [9.17, 15) is 9.59 Å². The lowest BCUT2D eigenvalue weighted by atomic mass is 9.94. The van der Waals surface area contributed by atoms with E-state index in [0.29, 0.717) is 18.2 Å². The SMILES string of the molecule is CCCCNC(=O)c1ccc(NCC(=O)N(C)C2CCCCC2)cc1. The number of benzene rings is 1. The van der Waals surface area contributed by atoms with Crippen LogP contribution in [0.5, 0.6) is 0 Å². The van der Waals surface area contributed by atoms with Gasteiger partial charge in [-0.25, -0.2) is 0 Å². The summed E-state index contributed by atoms with van der Waals surface area (Å²) in [5.41, 5.74) is 1.50. The van der Waals surface area contributed by atoms with Crippen molar-refractivity contribution in [1.82, 2.24) is 10.2 Å². The number of nitrogens with zero attached hydrogens (tertiary/aromatic N) is 1. The molecule has 2 rings (SSSR count). The molecule has 2 N–H and O–H groups in total. The number of carbonyl (C=O) groups excluding carboxylic acids is 2. The summed E-state index contributed by atoms with van der Waals surface area (Å²) >= 11 is 0. The number of anilines is 1. The normalized spacial score (nSPS) is 14.8. The summed E-state index contributed by atoms with van der Waals surface area (Å²) in [6.45, 7) is 3.09. The fraction of sp³-hybridized carbons (Fsp3) is 0.600. The van der Waals surface area contributed by atoms with Crippen molar-refractivity contribution in [3.63, 3.8) is 0 Å².